The van der Waals surface area contributed by atoms with Crippen molar-refractivity contribution in [2.24, 2.45) is 5.92 Å². The Morgan fingerprint density at radius 2 is 2.02 bits per heavy atom. The summed E-state index contributed by atoms with van der Waals surface area (Å²) < 4.78 is 27.5. The Hall–Kier alpha value is -4.55. The predicted molar refractivity (Wildman–Crippen MR) is 146 cm³/mol. The van der Waals surface area contributed by atoms with Gasteiger partial charge in [0.25, 0.3) is 11.8 Å². The first-order valence-corrected chi connectivity index (χ1v) is 13.4. The molecule has 0 saturated carbocycles. The van der Waals surface area contributed by atoms with Crippen molar-refractivity contribution in [2.75, 3.05) is 33.4 Å². The third kappa shape index (κ3) is 7.16. The van der Waals surface area contributed by atoms with Crippen LogP contribution in [-0.4, -0.2) is 75.7 Å². The number of methoxy groups -OCH3 is 1. The molecule has 0 spiro atoms. The fourth-order valence-electron chi connectivity index (χ4n) is 4.51. The van der Waals surface area contributed by atoms with Gasteiger partial charge in [0.1, 0.15) is 18.3 Å². The number of carbonyl (C=O) groups excluding carboxylic acids is 3. The number of rotatable bonds is 3. The van der Waals surface area contributed by atoms with Crippen molar-refractivity contribution in [3.63, 3.8) is 0 Å². The van der Waals surface area contributed by atoms with Gasteiger partial charge in [-0.05, 0) is 43.5 Å². The molecule has 2 N–H and O–H groups in total. The molecule has 0 unspecified atom stereocenters. The lowest BCUT2D eigenvalue weighted by atomic mass is 10.0. The first-order valence-electron chi connectivity index (χ1n) is 13.4. The topological polar surface area (TPSA) is 141 Å². The van der Waals surface area contributed by atoms with Crippen LogP contribution >= 0.6 is 0 Å². The van der Waals surface area contributed by atoms with E-state index >= 15 is 0 Å². The van der Waals surface area contributed by atoms with E-state index in [1.807, 2.05) is 13.8 Å². The molecule has 13 heteroatoms. The molecule has 41 heavy (non-hydrogen) atoms. The second kappa shape index (κ2) is 13.2. The van der Waals surface area contributed by atoms with Gasteiger partial charge in [0.15, 0.2) is 17.3 Å². The van der Waals surface area contributed by atoms with Gasteiger partial charge < -0.3 is 25.0 Å². The highest BCUT2D eigenvalue weighted by Gasteiger charge is 2.27. The van der Waals surface area contributed by atoms with E-state index in [0.717, 1.165) is 6.20 Å². The molecule has 0 radical (unpaired) electrons. The zero-order valence-corrected chi connectivity index (χ0v) is 23.5. The number of halogens is 1. The van der Waals surface area contributed by atoms with Crippen LogP contribution in [0.4, 0.5) is 4.39 Å². The molecule has 3 aromatic rings. The van der Waals surface area contributed by atoms with Crippen LogP contribution in [0.15, 0.2) is 36.7 Å². The Labute approximate surface area is 237 Å². The Morgan fingerprint density at radius 3 is 2.76 bits per heavy atom. The number of nitrogens with zero attached hydrogens (tertiary/aromatic N) is 5. The number of ether oxygens (including phenoxy) is 2. The number of pyridine rings is 1. The van der Waals surface area contributed by atoms with Crippen LogP contribution in [0.5, 0.6) is 11.5 Å². The van der Waals surface area contributed by atoms with Gasteiger partial charge in [-0.3, -0.25) is 19.4 Å². The quantitative estimate of drug-likeness (QED) is 0.491. The van der Waals surface area contributed by atoms with Crippen molar-refractivity contribution in [1.82, 2.24) is 35.3 Å². The van der Waals surface area contributed by atoms with E-state index in [4.69, 9.17) is 9.47 Å². The number of benzene rings is 1. The molecular weight excluding hydrogens is 533 g/mol. The van der Waals surface area contributed by atoms with E-state index in [-0.39, 0.29) is 43.6 Å². The monoisotopic (exact) mass is 567 g/mol. The summed E-state index contributed by atoms with van der Waals surface area (Å²) in [6, 6.07) is 5.63. The largest absolute Gasteiger partial charge is 0.493 e. The molecule has 1 aliphatic rings. The highest BCUT2D eigenvalue weighted by atomic mass is 19.1. The maximum atomic E-state index is 14.4. The van der Waals surface area contributed by atoms with E-state index in [0.29, 0.717) is 41.7 Å². The summed E-state index contributed by atoms with van der Waals surface area (Å²) in [5.41, 5.74) is 0.172. The molecule has 2 bridgehead atoms. The molecule has 3 heterocycles. The minimum Gasteiger partial charge on any atom is -0.493 e. The normalized spacial score (nSPS) is 17.0. The zero-order valence-electron chi connectivity index (χ0n) is 23.5. The van der Waals surface area contributed by atoms with E-state index in [1.165, 1.54) is 24.3 Å². The molecule has 0 saturated heterocycles. The minimum absolute atomic E-state index is 0.0680. The number of nitrogens with one attached hydrogen (secondary N) is 2. The highest BCUT2D eigenvalue weighted by Crippen LogP contribution is 2.28. The van der Waals surface area contributed by atoms with Crippen molar-refractivity contribution in [3.8, 4) is 11.5 Å². The van der Waals surface area contributed by atoms with Crippen LogP contribution in [0.25, 0.3) is 0 Å². The lowest BCUT2D eigenvalue weighted by Crippen LogP contribution is -2.44. The SMILES string of the molecule is COc1ccc2cc1OCCn1nc(C)nc1[C@H](C(C)C)NC(=O)CN(C(=O)c1ccncc1F)CCCNC2=O. The van der Waals surface area contributed by atoms with Crippen LogP contribution in [0.2, 0.25) is 0 Å². The van der Waals surface area contributed by atoms with E-state index < -0.39 is 23.7 Å². The molecule has 218 valence electrons. The second-order valence-corrected chi connectivity index (χ2v) is 9.94. The number of fused-ring (bicyclic) bond motifs is 3. The number of carbonyl (C=O) groups is 3. The molecule has 4 rings (SSSR count). The van der Waals surface area contributed by atoms with Gasteiger partial charge in [0.2, 0.25) is 5.91 Å². The molecule has 0 aliphatic carbocycles. The number of amides is 3. The lowest BCUT2D eigenvalue weighted by molar-refractivity contribution is -0.123. The van der Waals surface area contributed by atoms with E-state index in [1.54, 1.807) is 29.8 Å². The molecule has 1 aliphatic heterocycles. The van der Waals surface area contributed by atoms with Gasteiger partial charge in [-0.25, -0.2) is 14.1 Å². The fraction of sp³-hybridized carbons (Fsp3) is 0.429. The van der Waals surface area contributed by atoms with E-state index in [2.05, 4.69) is 25.7 Å². The van der Waals surface area contributed by atoms with Crippen molar-refractivity contribution >= 4 is 17.7 Å². The molecule has 1 aromatic carbocycles. The van der Waals surface area contributed by atoms with Gasteiger partial charge in [0.05, 0.1) is 38.0 Å². The smallest absolute Gasteiger partial charge is 0.257 e. The second-order valence-electron chi connectivity index (χ2n) is 9.94. The number of hydrogen-bond donors (Lipinski definition) is 2. The van der Waals surface area contributed by atoms with Crippen LogP contribution in [0.1, 0.15) is 58.7 Å². The average Bonchev–Trinajstić information content (AvgIpc) is 3.32. The summed E-state index contributed by atoms with van der Waals surface area (Å²) in [7, 11) is 1.51. The third-order valence-corrected chi connectivity index (χ3v) is 6.57. The summed E-state index contributed by atoms with van der Waals surface area (Å²) in [6.07, 6.45) is 2.58. The number of aromatic nitrogens is 4. The first kappa shape index (κ1) is 29.4. The van der Waals surface area contributed by atoms with Gasteiger partial charge in [-0.2, -0.15) is 5.10 Å². The number of aryl methyl sites for hydroxylation is 1. The molecule has 3 amide bonds. The fourth-order valence-corrected chi connectivity index (χ4v) is 4.51. The Morgan fingerprint density at radius 1 is 1.22 bits per heavy atom. The molecule has 1 atom stereocenters. The summed E-state index contributed by atoms with van der Waals surface area (Å²) in [5.74, 6) is -0.379. The van der Waals surface area contributed by atoms with Crippen molar-refractivity contribution in [3.05, 3.63) is 65.3 Å². The van der Waals surface area contributed by atoms with Crippen LogP contribution in [0, 0.1) is 18.7 Å². The lowest BCUT2D eigenvalue weighted by Gasteiger charge is -2.26. The van der Waals surface area contributed by atoms with Crippen molar-refractivity contribution < 1.29 is 28.2 Å². The van der Waals surface area contributed by atoms with Gasteiger partial charge in [0, 0.05) is 24.8 Å². The van der Waals surface area contributed by atoms with Gasteiger partial charge in [-0.1, -0.05) is 13.8 Å². The summed E-state index contributed by atoms with van der Waals surface area (Å²) in [5, 5.41) is 10.3. The Bertz CT molecular complexity index is 1410. The van der Waals surface area contributed by atoms with Crippen molar-refractivity contribution in [2.45, 2.75) is 39.8 Å². The Kier molecular flexibility index (Phi) is 9.48. The van der Waals surface area contributed by atoms with Crippen LogP contribution in [0.3, 0.4) is 0 Å². The maximum Gasteiger partial charge on any atom is 0.257 e. The maximum absolute atomic E-state index is 14.4. The molecular formula is C28H34FN7O5. The molecule has 0 fully saturated rings. The first-order chi connectivity index (χ1) is 19.7. The Balaban J connectivity index is 1.67. The number of hydrogen-bond acceptors (Lipinski definition) is 8. The standard InChI is InChI=1S/C28H34FN7O5/c1-17(2)25-26-32-18(3)34-36(26)12-13-41-23-14-19(6-7-22(23)40-4)27(38)31-9-5-11-35(16-24(37)33-25)28(39)20-8-10-30-15-21(20)29/h6-8,10,14-15,17,25H,5,9,11-13,16H2,1-4H3,(H,31,38)(H,33,37)/t25-/m0/s1. The minimum atomic E-state index is -0.785. The zero-order chi connectivity index (χ0) is 29.5. The predicted octanol–water partition coefficient (Wildman–Crippen LogP) is 2.30. The van der Waals surface area contributed by atoms with Crippen LogP contribution in [-0.2, 0) is 11.3 Å². The third-order valence-electron chi connectivity index (χ3n) is 6.57. The van der Waals surface area contributed by atoms with Gasteiger partial charge >= 0.3 is 0 Å². The average molecular weight is 568 g/mol. The summed E-state index contributed by atoms with van der Waals surface area (Å²) >= 11 is 0. The van der Waals surface area contributed by atoms with Crippen molar-refractivity contribution in [1.29, 1.82) is 0 Å². The van der Waals surface area contributed by atoms with E-state index in [9.17, 15) is 18.8 Å². The highest BCUT2D eigenvalue weighted by molar-refractivity contribution is 5.97. The summed E-state index contributed by atoms with van der Waals surface area (Å²) in [6.45, 7) is 6.11. The van der Waals surface area contributed by atoms with Crippen LogP contribution < -0.4 is 20.1 Å². The molecule has 2 aromatic heterocycles. The summed E-state index contributed by atoms with van der Waals surface area (Å²) in [4.78, 5) is 48.9. The van der Waals surface area contributed by atoms with Gasteiger partial charge in [-0.15, -0.1) is 0 Å². The molecule has 12 nitrogen and oxygen atoms in total.